The summed E-state index contributed by atoms with van der Waals surface area (Å²) in [6.07, 6.45) is 3.48. The monoisotopic (exact) mass is 733 g/mol. The predicted octanol–water partition coefficient (Wildman–Crippen LogP) is 0.456. The van der Waals surface area contributed by atoms with Crippen molar-refractivity contribution in [3.05, 3.63) is 58.8 Å². The van der Waals surface area contributed by atoms with Gasteiger partial charge in [-0.25, -0.2) is 4.98 Å². The van der Waals surface area contributed by atoms with Crippen LogP contribution in [0.5, 0.6) is 5.88 Å². The number of hydrogen-bond acceptors (Lipinski definition) is 9. The minimum absolute atomic E-state index is 0.116. The number of carbonyl (C=O) groups excluding carboxylic acids is 6. The topological polar surface area (TPSA) is 208 Å². The zero-order valence-corrected chi connectivity index (χ0v) is 30.6. The molecule has 5 rings (SSSR count). The maximum Gasteiger partial charge on any atom is 0.257 e. The zero-order valence-electron chi connectivity index (χ0n) is 30.6. The van der Waals surface area contributed by atoms with Crippen molar-refractivity contribution in [1.29, 1.82) is 0 Å². The van der Waals surface area contributed by atoms with E-state index in [1.165, 1.54) is 18.9 Å². The van der Waals surface area contributed by atoms with Crippen molar-refractivity contribution in [2.45, 2.75) is 114 Å². The molecule has 1 aromatic heterocycles. The van der Waals surface area contributed by atoms with Crippen molar-refractivity contribution >= 4 is 35.4 Å². The van der Waals surface area contributed by atoms with Crippen LogP contribution in [0, 0.1) is 0 Å². The number of benzene rings is 1. The van der Waals surface area contributed by atoms with Crippen LogP contribution in [0.25, 0.3) is 0 Å². The zero-order chi connectivity index (χ0) is 38.1. The van der Waals surface area contributed by atoms with Gasteiger partial charge in [0.2, 0.25) is 35.4 Å². The van der Waals surface area contributed by atoms with E-state index in [0.29, 0.717) is 32.2 Å². The molecule has 0 unspecified atom stereocenters. The van der Waals surface area contributed by atoms with Gasteiger partial charge in [0.15, 0.2) is 0 Å². The number of nitrogens with zero attached hydrogens (tertiary/aromatic N) is 2. The SMILES string of the molecule is CC[C@@H]1NC(=O)[C@@H](NC(=O)c2cc3c(nc2OC)CCC3)CCCCNC(=O)[C@@H]2CCCN2C(=O)[C@@H](Cc2ccccc2)NC(=O)[C@H]([C@@H](C)O)NC1=O. The molecule has 3 heterocycles. The Hall–Kier alpha value is -5.05. The lowest BCUT2D eigenvalue weighted by atomic mass is 10.0. The molecule has 3 aliphatic rings. The number of aromatic nitrogens is 1. The lowest BCUT2D eigenvalue weighted by Gasteiger charge is -2.30. The molecule has 2 aliphatic heterocycles. The molecular formula is C38H51N7O8. The second kappa shape index (κ2) is 18.1. The number of fused-ring (bicyclic) bond motifs is 2. The van der Waals surface area contributed by atoms with E-state index in [4.69, 9.17) is 4.74 Å². The van der Waals surface area contributed by atoms with Crippen LogP contribution < -0.4 is 31.3 Å². The van der Waals surface area contributed by atoms with Crippen LogP contribution in [0.3, 0.4) is 0 Å². The highest BCUT2D eigenvalue weighted by atomic mass is 16.5. The number of aryl methyl sites for hydroxylation is 2. The fourth-order valence-corrected chi connectivity index (χ4v) is 7.18. The Labute approximate surface area is 309 Å². The number of aliphatic hydroxyl groups excluding tert-OH is 1. The first-order chi connectivity index (χ1) is 25.5. The molecule has 1 aromatic carbocycles. The Morgan fingerprint density at radius 1 is 0.943 bits per heavy atom. The number of methoxy groups -OCH3 is 1. The minimum Gasteiger partial charge on any atom is -0.480 e. The molecule has 15 nitrogen and oxygen atoms in total. The average molecular weight is 734 g/mol. The van der Waals surface area contributed by atoms with Gasteiger partial charge in [0.25, 0.3) is 5.91 Å². The molecular weight excluding hydrogens is 682 g/mol. The van der Waals surface area contributed by atoms with Crippen LogP contribution in [0.15, 0.2) is 36.4 Å². The number of amides is 6. The third-order valence-corrected chi connectivity index (χ3v) is 10.1. The van der Waals surface area contributed by atoms with Crippen molar-refractivity contribution in [1.82, 2.24) is 36.5 Å². The summed E-state index contributed by atoms with van der Waals surface area (Å²) in [6.45, 7) is 3.60. The lowest BCUT2D eigenvalue weighted by Crippen LogP contribution is -2.61. The van der Waals surface area contributed by atoms with Crippen molar-refractivity contribution in [3.63, 3.8) is 0 Å². The molecule has 2 aromatic rings. The summed E-state index contributed by atoms with van der Waals surface area (Å²) < 4.78 is 5.42. The summed E-state index contributed by atoms with van der Waals surface area (Å²) in [5, 5.41) is 24.4. The van der Waals surface area contributed by atoms with E-state index < -0.39 is 65.8 Å². The smallest absolute Gasteiger partial charge is 0.257 e. The molecule has 0 bridgehead atoms. The van der Waals surface area contributed by atoms with Crippen molar-refractivity contribution in [2.24, 2.45) is 0 Å². The molecule has 0 saturated carbocycles. The molecule has 6 atom stereocenters. The highest BCUT2D eigenvalue weighted by Gasteiger charge is 2.39. The molecule has 1 aliphatic carbocycles. The third-order valence-electron chi connectivity index (χ3n) is 10.1. The number of ether oxygens (including phenoxy) is 1. The number of pyridine rings is 1. The van der Waals surface area contributed by atoms with E-state index in [-0.39, 0.29) is 43.2 Å². The molecule has 0 spiro atoms. The van der Waals surface area contributed by atoms with Crippen LogP contribution in [0.2, 0.25) is 0 Å². The van der Waals surface area contributed by atoms with Crippen LogP contribution in [-0.2, 0) is 43.2 Å². The summed E-state index contributed by atoms with van der Waals surface area (Å²) in [4.78, 5) is 88.2. The van der Waals surface area contributed by atoms with E-state index in [1.54, 1.807) is 13.0 Å². The fourth-order valence-electron chi connectivity index (χ4n) is 7.18. The molecule has 6 N–H and O–H groups in total. The Kier molecular flexibility index (Phi) is 13.4. The van der Waals surface area contributed by atoms with E-state index in [9.17, 15) is 33.9 Å². The van der Waals surface area contributed by atoms with Crippen molar-refractivity contribution < 1.29 is 38.6 Å². The van der Waals surface area contributed by atoms with Crippen LogP contribution in [0.1, 0.15) is 86.0 Å². The molecule has 15 heteroatoms. The second-order valence-electron chi connectivity index (χ2n) is 14.0. The number of carbonyl (C=O) groups is 6. The predicted molar refractivity (Wildman–Crippen MR) is 194 cm³/mol. The first kappa shape index (κ1) is 39.2. The quantitative estimate of drug-likeness (QED) is 0.233. The Bertz CT molecular complexity index is 1670. The van der Waals surface area contributed by atoms with Gasteiger partial charge in [-0.2, -0.15) is 0 Å². The van der Waals surface area contributed by atoms with Gasteiger partial charge in [-0.05, 0) is 81.9 Å². The Balaban J connectivity index is 1.40. The molecule has 0 radical (unpaired) electrons. The van der Waals surface area contributed by atoms with Gasteiger partial charge in [-0.1, -0.05) is 37.3 Å². The molecule has 286 valence electrons. The molecule has 53 heavy (non-hydrogen) atoms. The van der Waals surface area contributed by atoms with E-state index >= 15 is 0 Å². The van der Waals surface area contributed by atoms with Gasteiger partial charge in [-0.3, -0.25) is 28.8 Å². The summed E-state index contributed by atoms with van der Waals surface area (Å²) in [5.74, 6) is -3.32. The highest BCUT2D eigenvalue weighted by molar-refractivity contribution is 6.00. The number of nitrogens with one attached hydrogen (secondary N) is 5. The summed E-state index contributed by atoms with van der Waals surface area (Å²) in [7, 11) is 1.43. The largest absolute Gasteiger partial charge is 0.480 e. The van der Waals surface area contributed by atoms with Gasteiger partial charge >= 0.3 is 0 Å². The van der Waals surface area contributed by atoms with Gasteiger partial charge in [0.1, 0.15) is 35.8 Å². The number of aliphatic hydroxyl groups is 1. The maximum absolute atomic E-state index is 14.0. The van der Waals surface area contributed by atoms with E-state index in [1.807, 2.05) is 30.3 Å². The first-order valence-electron chi connectivity index (χ1n) is 18.6. The van der Waals surface area contributed by atoms with E-state index in [0.717, 1.165) is 36.1 Å². The van der Waals surface area contributed by atoms with Gasteiger partial charge in [0.05, 0.1) is 13.2 Å². The highest BCUT2D eigenvalue weighted by Crippen LogP contribution is 2.27. The number of rotatable bonds is 7. The summed E-state index contributed by atoms with van der Waals surface area (Å²) in [5.41, 5.74) is 2.79. The third kappa shape index (κ3) is 9.69. The number of hydrogen-bond donors (Lipinski definition) is 6. The van der Waals surface area contributed by atoms with Crippen molar-refractivity contribution in [3.8, 4) is 5.88 Å². The summed E-state index contributed by atoms with van der Waals surface area (Å²) in [6, 6.07) is 5.32. The van der Waals surface area contributed by atoms with Crippen LogP contribution in [0.4, 0.5) is 0 Å². The Morgan fingerprint density at radius 2 is 1.70 bits per heavy atom. The average Bonchev–Trinajstić information content (AvgIpc) is 3.84. The molecule has 2 saturated heterocycles. The van der Waals surface area contributed by atoms with Gasteiger partial charge < -0.3 is 41.3 Å². The van der Waals surface area contributed by atoms with Crippen LogP contribution in [-0.4, -0.2) is 107 Å². The Morgan fingerprint density at radius 3 is 2.42 bits per heavy atom. The maximum atomic E-state index is 14.0. The van der Waals surface area contributed by atoms with Crippen LogP contribution >= 0.6 is 0 Å². The van der Waals surface area contributed by atoms with Gasteiger partial charge in [-0.15, -0.1) is 0 Å². The standard InChI is InChI=1S/C38H51N7O8/c1-4-26-33(48)44-31(22(2)46)36(51)42-29(20-23-12-6-5-7-13-23)38(52)45-19-11-17-30(45)35(50)39-18-9-8-15-28(34(49)40-26)41-32(47)25-21-24-14-10-16-27(24)43-37(25)53-3/h5-7,12-13,21-22,26,28-31,46H,4,8-11,14-20H2,1-3H3,(H,39,50)(H,40,49)(H,41,47)(H,42,51)(H,44,48)/t22-,26+,28+,29-,30+,31+/m1/s1. The lowest BCUT2D eigenvalue weighted by molar-refractivity contribution is -0.142. The summed E-state index contributed by atoms with van der Waals surface area (Å²) >= 11 is 0. The van der Waals surface area contributed by atoms with E-state index in [2.05, 4.69) is 31.6 Å². The normalized spacial score (nSPS) is 25.3. The minimum atomic E-state index is -1.48. The molecule has 6 amide bonds. The van der Waals surface area contributed by atoms with Gasteiger partial charge in [0, 0.05) is 25.2 Å². The molecule has 2 fully saturated rings. The fraction of sp³-hybridized carbons (Fsp3) is 0.553. The van der Waals surface area contributed by atoms with Crippen molar-refractivity contribution in [2.75, 3.05) is 20.2 Å². The second-order valence-corrected chi connectivity index (χ2v) is 14.0. The first-order valence-corrected chi connectivity index (χ1v) is 18.6.